The van der Waals surface area contributed by atoms with E-state index in [1.54, 1.807) is 6.08 Å². The Hall–Kier alpha value is -1.66. The Balaban J connectivity index is 3.36. The normalized spacial score (nSPS) is 12.6. The van der Waals surface area contributed by atoms with E-state index in [4.69, 9.17) is 4.74 Å². The summed E-state index contributed by atoms with van der Waals surface area (Å²) in [5.74, 6) is -0.0476. The Bertz CT molecular complexity index is 1300. The molecular formula is C77H149NO5. The molecule has 1 amide bonds. The maximum atomic E-state index is 12.5. The molecule has 6 heteroatoms. The average molecular weight is 1170 g/mol. The lowest BCUT2D eigenvalue weighted by Crippen LogP contribution is -2.45. The van der Waals surface area contributed by atoms with E-state index in [-0.39, 0.29) is 18.5 Å². The Morgan fingerprint density at radius 3 is 0.855 bits per heavy atom. The van der Waals surface area contributed by atoms with Crippen molar-refractivity contribution >= 4 is 11.9 Å². The monoisotopic (exact) mass is 1170 g/mol. The van der Waals surface area contributed by atoms with Crippen LogP contribution in [0.1, 0.15) is 431 Å². The van der Waals surface area contributed by atoms with Gasteiger partial charge in [-0.05, 0) is 57.8 Å². The van der Waals surface area contributed by atoms with Crippen LogP contribution in [0.3, 0.4) is 0 Å². The van der Waals surface area contributed by atoms with Gasteiger partial charge in [-0.1, -0.05) is 385 Å². The van der Waals surface area contributed by atoms with Crippen LogP contribution >= 0.6 is 0 Å². The summed E-state index contributed by atoms with van der Waals surface area (Å²) in [6.45, 7) is 4.94. The summed E-state index contributed by atoms with van der Waals surface area (Å²) in [6.07, 6.45) is 92.8. The minimum atomic E-state index is -0.843. The molecule has 0 bridgehead atoms. The highest BCUT2D eigenvalue weighted by Gasteiger charge is 2.18. The summed E-state index contributed by atoms with van der Waals surface area (Å²) < 4.78 is 5.50. The van der Waals surface area contributed by atoms with E-state index >= 15 is 0 Å². The van der Waals surface area contributed by atoms with Gasteiger partial charge in [-0.2, -0.15) is 0 Å². The fraction of sp³-hybridized carbons (Fsp3) is 0.922. The largest absolute Gasteiger partial charge is 0.466 e. The molecule has 3 N–H and O–H groups in total. The van der Waals surface area contributed by atoms with E-state index in [2.05, 4.69) is 31.3 Å². The predicted molar refractivity (Wildman–Crippen MR) is 366 cm³/mol. The number of hydrogen-bond donors (Lipinski definition) is 3. The van der Waals surface area contributed by atoms with E-state index in [1.165, 1.54) is 360 Å². The third-order valence-corrected chi connectivity index (χ3v) is 18.0. The second kappa shape index (κ2) is 72.8. The summed E-state index contributed by atoms with van der Waals surface area (Å²) in [6, 6.07) is -0.626. The van der Waals surface area contributed by atoms with Gasteiger partial charge in [0.05, 0.1) is 25.4 Å². The first-order chi connectivity index (χ1) is 41.0. The highest BCUT2D eigenvalue weighted by atomic mass is 16.5. The fourth-order valence-electron chi connectivity index (χ4n) is 12.2. The van der Waals surface area contributed by atoms with Gasteiger partial charge in [0, 0.05) is 12.8 Å². The van der Waals surface area contributed by atoms with Gasteiger partial charge in [0.2, 0.25) is 5.91 Å². The minimum absolute atomic E-state index is 0.0121. The average Bonchev–Trinajstić information content (AvgIpc) is 3.49. The third-order valence-electron chi connectivity index (χ3n) is 18.0. The van der Waals surface area contributed by atoms with Crippen LogP contribution < -0.4 is 5.32 Å². The van der Waals surface area contributed by atoms with Crippen molar-refractivity contribution in [2.24, 2.45) is 0 Å². The molecule has 6 nitrogen and oxygen atoms in total. The minimum Gasteiger partial charge on any atom is -0.466 e. The molecule has 2 unspecified atom stereocenters. The number of unbranched alkanes of at least 4 members (excludes halogenated alkanes) is 59. The van der Waals surface area contributed by atoms with Crippen molar-refractivity contribution in [1.29, 1.82) is 0 Å². The standard InChI is InChI=1S/C77H149NO5/c1-3-5-7-9-11-13-15-17-19-20-21-22-32-35-38-42-45-49-53-57-61-65-69-75(80)74(73-79)78-76(81)70-66-62-58-54-50-46-43-39-36-33-30-28-26-24-23-25-27-29-31-34-37-40-44-48-52-56-60-64-68-72-83-77(82)71-67-63-59-55-51-47-41-18-16-14-12-10-8-6-4-2/h18,41,65,69,74-75,79-80H,3-17,19-40,42-64,66-68,70-73H2,1-2H3,(H,78,81)/b41-18-,69-65+. The quantitative estimate of drug-likeness (QED) is 0.0320. The molecule has 0 aromatic heterocycles. The van der Waals surface area contributed by atoms with Crippen molar-refractivity contribution in [2.75, 3.05) is 13.2 Å². The number of rotatable bonds is 72. The zero-order valence-corrected chi connectivity index (χ0v) is 56.5. The van der Waals surface area contributed by atoms with Crippen LogP contribution in [0.2, 0.25) is 0 Å². The number of carbonyl (C=O) groups excluding carboxylic acids is 2. The molecule has 83 heavy (non-hydrogen) atoms. The molecule has 0 aliphatic rings. The summed E-state index contributed by atoms with van der Waals surface area (Å²) in [7, 11) is 0. The molecule has 0 radical (unpaired) electrons. The Kier molecular flexibility index (Phi) is 71.4. The van der Waals surface area contributed by atoms with Crippen molar-refractivity contribution in [3.8, 4) is 0 Å². The second-order valence-corrected chi connectivity index (χ2v) is 26.3. The predicted octanol–water partition coefficient (Wildman–Crippen LogP) is 24.9. The molecule has 0 heterocycles. The number of ether oxygens (including phenoxy) is 1. The molecule has 492 valence electrons. The maximum Gasteiger partial charge on any atom is 0.305 e. The number of hydrogen-bond acceptors (Lipinski definition) is 5. The van der Waals surface area contributed by atoms with Gasteiger partial charge >= 0.3 is 5.97 Å². The summed E-state index contributed by atoms with van der Waals surface area (Å²) >= 11 is 0. The van der Waals surface area contributed by atoms with Crippen LogP contribution in [0.25, 0.3) is 0 Å². The zero-order valence-electron chi connectivity index (χ0n) is 56.5. The number of esters is 1. The van der Waals surface area contributed by atoms with Gasteiger partial charge in [0.1, 0.15) is 0 Å². The maximum absolute atomic E-state index is 12.5. The molecule has 0 aromatic rings. The lowest BCUT2D eigenvalue weighted by atomic mass is 10.0. The summed E-state index contributed by atoms with van der Waals surface area (Å²) in [5.41, 5.74) is 0. The molecular weight excluding hydrogens is 1020 g/mol. The molecule has 0 rings (SSSR count). The summed E-state index contributed by atoms with van der Waals surface area (Å²) in [5, 5.41) is 23.3. The number of carbonyl (C=O) groups is 2. The van der Waals surface area contributed by atoms with Crippen LogP contribution in [-0.4, -0.2) is 47.4 Å². The molecule has 0 spiro atoms. The highest BCUT2D eigenvalue weighted by molar-refractivity contribution is 5.76. The van der Waals surface area contributed by atoms with Crippen LogP contribution in [0, 0.1) is 0 Å². The van der Waals surface area contributed by atoms with E-state index in [1.807, 2.05) is 6.08 Å². The first kappa shape index (κ1) is 81.3. The lowest BCUT2D eigenvalue weighted by molar-refractivity contribution is -0.143. The number of aliphatic hydroxyl groups is 2. The number of nitrogens with one attached hydrogen (secondary N) is 1. The smallest absolute Gasteiger partial charge is 0.305 e. The Labute approximate surface area is 520 Å². The van der Waals surface area contributed by atoms with Crippen LogP contribution in [-0.2, 0) is 14.3 Å². The van der Waals surface area contributed by atoms with E-state index < -0.39 is 12.1 Å². The van der Waals surface area contributed by atoms with Crippen molar-refractivity contribution in [3.63, 3.8) is 0 Å². The molecule has 2 atom stereocenters. The molecule has 0 saturated heterocycles. The Morgan fingerprint density at radius 2 is 0.566 bits per heavy atom. The SMILES string of the molecule is CCCCCCCC/C=C\CCCCCCCC(=O)OCCCCCCCCCCCCCCCCCCCCCCCCCCCCCCCC(=O)NC(CO)C(O)/C=C/CCCCCCCCCCCCCCCCCCCCCC. The second-order valence-electron chi connectivity index (χ2n) is 26.3. The Morgan fingerprint density at radius 1 is 0.325 bits per heavy atom. The van der Waals surface area contributed by atoms with Gasteiger partial charge in [-0.3, -0.25) is 9.59 Å². The topological polar surface area (TPSA) is 95.9 Å². The van der Waals surface area contributed by atoms with E-state index in [0.29, 0.717) is 19.4 Å². The van der Waals surface area contributed by atoms with Crippen molar-refractivity contribution < 1.29 is 24.5 Å². The van der Waals surface area contributed by atoms with Gasteiger partial charge in [0.25, 0.3) is 0 Å². The third kappa shape index (κ3) is 69.3. The lowest BCUT2D eigenvalue weighted by Gasteiger charge is -2.20. The van der Waals surface area contributed by atoms with Gasteiger partial charge in [0.15, 0.2) is 0 Å². The van der Waals surface area contributed by atoms with Crippen LogP contribution in [0.4, 0.5) is 0 Å². The van der Waals surface area contributed by atoms with Crippen molar-refractivity contribution in [1.82, 2.24) is 5.32 Å². The molecule has 0 aromatic carbocycles. The van der Waals surface area contributed by atoms with E-state index in [9.17, 15) is 19.8 Å². The number of aliphatic hydroxyl groups excluding tert-OH is 2. The zero-order chi connectivity index (χ0) is 59.9. The molecule has 0 aliphatic carbocycles. The molecule has 0 fully saturated rings. The fourth-order valence-corrected chi connectivity index (χ4v) is 12.2. The van der Waals surface area contributed by atoms with E-state index in [0.717, 1.165) is 44.9 Å². The number of amides is 1. The van der Waals surface area contributed by atoms with Gasteiger partial charge in [-0.25, -0.2) is 0 Å². The first-order valence-electron chi connectivity index (χ1n) is 38.1. The van der Waals surface area contributed by atoms with Crippen molar-refractivity contribution in [3.05, 3.63) is 24.3 Å². The highest BCUT2D eigenvalue weighted by Crippen LogP contribution is 2.20. The van der Waals surface area contributed by atoms with Crippen molar-refractivity contribution in [2.45, 2.75) is 443 Å². The molecule has 0 aliphatic heterocycles. The number of allylic oxidation sites excluding steroid dienone is 3. The summed E-state index contributed by atoms with van der Waals surface area (Å²) in [4.78, 5) is 24.6. The molecule has 0 saturated carbocycles. The first-order valence-corrected chi connectivity index (χ1v) is 38.1. The van der Waals surface area contributed by atoms with Gasteiger partial charge < -0.3 is 20.3 Å². The van der Waals surface area contributed by atoms with Crippen LogP contribution in [0.15, 0.2) is 24.3 Å². The van der Waals surface area contributed by atoms with Crippen LogP contribution in [0.5, 0.6) is 0 Å². The van der Waals surface area contributed by atoms with Gasteiger partial charge in [-0.15, -0.1) is 0 Å².